The van der Waals surface area contributed by atoms with E-state index < -0.39 is 5.60 Å². The molecule has 156 valence electrons. The van der Waals surface area contributed by atoms with Gasteiger partial charge in [-0.3, -0.25) is 4.79 Å². The molecule has 0 bridgehead atoms. The van der Waals surface area contributed by atoms with Crippen LogP contribution in [0.3, 0.4) is 0 Å². The first-order valence-corrected chi connectivity index (χ1v) is 10.5. The molecule has 1 saturated heterocycles. The van der Waals surface area contributed by atoms with Gasteiger partial charge in [0.05, 0.1) is 5.92 Å². The predicted octanol–water partition coefficient (Wildman–Crippen LogP) is 5.38. The van der Waals surface area contributed by atoms with Crippen molar-refractivity contribution in [2.24, 2.45) is 5.92 Å². The van der Waals surface area contributed by atoms with Gasteiger partial charge in [0.25, 0.3) is 0 Å². The van der Waals surface area contributed by atoms with Crippen molar-refractivity contribution in [3.05, 3.63) is 33.8 Å². The van der Waals surface area contributed by atoms with Crippen LogP contribution >= 0.6 is 23.2 Å². The molecule has 1 aromatic rings. The van der Waals surface area contributed by atoms with Crippen molar-refractivity contribution < 1.29 is 14.3 Å². The second-order valence-electron chi connectivity index (χ2n) is 8.56. The van der Waals surface area contributed by atoms with Crippen LogP contribution in [0.2, 0.25) is 10.0 Å². The zero-order valence-corrected chi connectivity index (χ0v) is 18.8. The Bertz CT molecular complexity index is 716. The quantitative estimate of drug-likeness (QED) is 0.646. The maximum atomic E-state index is 13.3. The molecule has 1 aliphatic rings. The molecule has 1 aliphatic heterocycles. The molecule has 1 atom stereocenters. The first-order chi connectivity index (χ1) is 13.0. The SMILES string of the molecule is CC(C)N(Cc1ccc(Cl)cc1Cl)C(=O)C1CCCN(C(=O)OC(C)(C)C)C1. The number of nitrogens with zero attached hydrogens (tertiary/aromatic N) is 2. The zero-order valence-electron chi connectivity index (χ0n) is 17.3. The van der Waals surface area contributed by atoms with Gasteiger partial charge in [-0.2, -0.15) is 0 Å². The van der Waals surface area contributed by atoms with Crippen molar-refractivity contribution in [1.82, 2.24) is 9.80 Å². The highest BCUT2D eigenvalue weighted by molar-refractivity contribution is 6.35. The van der Waals surface area contributed by atoms with Crippen LogP contribution in [0.25, 0.3) is 0 Å². The van der Waals surface area contributed by atoms with Crippen LogP contribution in [-0.2, 0) is 16.1 Å². The molecular formula is C21H30Cl2N2O3. The largest absolute Gasteiger partial charge is 0.444 e. The Kier molecular flexibility index (Phi) is 7.63. The molecule has 1 fully saturated rings. The molecule has 5 nitrogen and oxygen atoms in total. The molecule has 2 rings (SSSR count). The van der Waals surface area contributed by atoms with E-state index in [0.29, 0.717) is 29.7 Å². The number of hydrogen-bond acceptors (Lipinski definition) is 3. The van der Waals surface area contributed by atoms with Gasteiger partial charge in [0.1, 0.15) is 5.60 Å². The summed E-state index contributed by atoms with van der Waals surface area (Å²) in [7, 11) is 0. The van der Waals surface area contributed by atoms with Gasteiger partial charge in [-0.05, 0) is 65.2 Å². The lowest BCUT2D eigenvalue weighted by atomic mass is 9.96. The zero-order chi connectivity index (χ0) is 21.1. The number of carbonyl (C=O) groups is 2. The van der Waals surface area contributed by atoms with Gasteiger partial charge in [-0.15, -0.1) is 0 Å². The minimum absolute atomic E-state index is 0.0103. The summed E-state index contributed by atoms with van der Waals surface area (Å²) in [5.41, 5.74) is 0.302. The highest BCUT2D eigenvalue weighted by atomic mass is 35.5. The molecule has 1 unspecified atom stereocenters. The van der Waals surface area contributed by atoms with E-state index in [1.807, 2.05) is 45.6 Å². The summed E-state index contributed by atoms with van der Waals surface area (Å²) in [6, 6.07) is 5.32. The van der Waals surface area contributed by atoms with E-state index in [0.717, 1.165) is 18.4 Å². The lowest BCUT2D eigenvalue weighted by molar-refractivity contribution is -0.139. The summed E-state index contributed by atoms with van der Waals surface area (Å²) in [5.74, 6) is -0.205. The molecule has 1 heterocycles. The monoisotopic (exact) mass is 428 g/mol. The van der Waals surface area contributed by atoms with Crippen LogP contribution in [-0.4, -0.2) is 46.5 Å². The number of piperidine rings is 1. The molecule has 0 N–H and O–H groups in total. The second kappa shape index (κ2) is 9.36. The number of benzene rings is 1. The summed E-state index contributed by atoms with van der Waals surface area (Å²) >= 11 is 12.3. The molecule has 0 aliphatic carbocycles. The fourth-order valence-corrected chi connectivity index (χ4v) is 3.72. The van der Waals surface area contributed by atoms with Crippen molar-refractivity contribution in [3.8, 4) is 0 Å². The average Bonchev–Trinajstić information content (AvgIpc) is 2.59. The van der Waals surface area contributed by atoms with Gasteiger partial charge in [0, 0.05) is 35.7 Å². The summed E-state index contributed by atoms with van der Waals surface area (Å²) in [4.78, 5) is 29.1. The minimum Gasteiger partial charge on any atom is -0.444 e. The highest BCUT2D eigenvalue weighted by Gasteiger charge is 2.34. The maximum Gasteiger partial charge on any atom is 0.410 e. The van der Waals surface area contributed by atoms with Gasteiger partial charge in [-0.25, -0.2) is 4.79 Å². The van der Waals surface area contributed by atoms with Crippen molar-refractivity contribution in [1.29, 1.82) is 0 Å². The molecule has 0 radical (unpaired) electrons. The van der Waals surface area contributed by atoms with E-state index in [9.17, 15) is 9.59 Å². The Hall–Kier alpha value is -1.46. The maximum absolute atomic E-state index is 13.3. The van der Waals surface area contributed by atoms with E-state index in [1.165, 1.54) is 0 Å². The summed E-state index contributed by atoms with van der Waals surface area (Å²) in [6.45, 7) is 10.9. The van der Waals surface area contributed by atoms with E-state index >= 15 is 0 Å². The van der Waals surface area contributed by atoms with Gasteiger partial charge in [0.2, 0.25) is 5.91 Å². The smallest absolute Gasteiger partial charge is 0.410 e. The van der Waals surface area contributed by atoms with Crippen molar-refractivity contribution in [2.45, 2.75) is 65.6 Å². The topological polar surface area (TPSA) is 49.9 Å². The first-order valence-electron chi connectivity index (χ1n) is 9.70. The molecule has 0 spiro atoms. The highest BCUT2D eigenvalue weighted by Crippen LogP contribution is 2.26. The standard InChI is InChI=1S/C21H30Cl2N2O3/c1-14(2)25(13-15-8-9-17(22)11-18(15)23)19(26)16-7-6-10-24(12-16)20(27)28-21(3,4)5/h8-9,11,14,16H,6-7,10,12-13H2,1-5H3. The lowest BCUT2D eigenvalue weighted by Gasteiger charge is -2.37. The Morgan fingerprint density at radius 3 is 2.54 bits per heavy atom. The van der Waals surface area contributed by atoms with Crippen molar-refractivity contribution >= 4 is 35.2 Å². The predicted molar refractivity (Wildman–Crippen MR) is 113 cm³/mol. The number of carbonyl (C=O) groups excluding carboxylic acids is 2. The van der Waals surface area contributed by atoms with Crippen molar-refractivity contribution in [3.63, 3.8) is 0 Å². The van der Waals surface area contributed by atoms with Crippen LogP contribution in [0.15, 0.2) is 18.2 Å². The Balaban J connectivity index is 2.10. The van der Waals surface area contributed by atoms with E-state index in [-0.39, 0.29) is 24.0 Å². The Labute approximate surface area is 177 Å². The fourth-order valence-electron chi connectivity index (χ4n) is 3.25. The molecule has 28 heavy (non-hydrogen) atoms. The first kappa shape index (κ1) is 22.8. The second-order valence-corrected chi connectivity index (χ2v) is 9.40. The van der Waals surface area contributed by atoms with Crippen LogP contribution < -0.4 is 0 Å². The number of halogens is 2. The number of rotatable bonds is 4. The number of amides is 2. The Morgan fingerprint density at radius 1 is 1.29 bits per heavy atom. The van der Waals surface area contributed by atoms with Gasteiger partial charge in [-0.1, -0.05) is 29.3 Å². The van der Waals surface area contributed by atoms with E-state index in [2.05, 4.69) is 0 Å². The van der Waals surface area contributed by atoms with Gasteiger partial charge < -0.3 is 14.5 Å². The van der Waals surface area contributed by atoms with Crippen LogP contribution in [0.1, 0.15) is 53.0 Å². The molecule has 2 amide bonds. The van der Waals surface area contributed by atoms with Gasteiger partial charge in [0.15, 0.2) is 0 Å². The third-order valence-electron chi connectivity index (χ3n) is 4.68. The number of ether oxygens (including phenoxy) is 1. The summed E-state index contributed by atoms with van der Waals surface area (Å²) in [5, 5.41) is 1.11. The Morgan fingerprint density at radius 2 is 1.96 bits per heavy atom. The third-order valence-corrected chi connectivity index (χ3v) is 5.27. The fraction of sp³-hybridized carbons (Fsp3) is 0.619. The third kappa shape index (κ3) is 6.28. The molecule has 7 heteroatoms. The average molecular weight is 429 g/mol. The van der Waals surface area contributed by atoms with Crippen molar-refractivity contribution in [2.75, 3.05) is 13.1 Å². The molecule has 0 saturated carbocycles. The minimum atomic E-state index is -0.552. The van der Waals surface area contributed by atoms with E-state index in [1.54, 1.807) is 17.0 Å². The lowest BCUT2D eigenvalue weighted by Crippen LogP contribution is -2.49. The number of hydrogen-bond donors (Lipinski definition) is 0. The van der Waals surface area contributed by atoms with Gasteiger partial charge >= 0.3 is 6.09 Å². The molecule has 1 aromatic carbocycles. The van der Waals surface area contributed by atoms with Crippen LogP contribution in [0.4, 0.5) is 4.79 Å². The molecular weight excluding hydrogens is 399 g/mol. The van der Waals surface area contributed by atoms with Crippen LogP contribution in [0, 0.1) is 5.92 Å². The van der Waals surface area contributed by atoms with E-state index in [4.69, 9.17) is 27.9 Å². The summed E-state index contributed by atoms with van der Waals surface area (Å²) < 4.78 is 5.47. The normalized spacial score (nSPS) is 17.6. The van der Waals surface area contributed by atoms with Crippen LogP contribution in [0.5, 0.6) is 0 Å². The number of likely N-dealkylation sites (tertiary alicyclic amines) is 1. The summed E-state index contributed by atoms with van der Waals surface area (Å²) in [6.07, 6.45) is 1.18. The molecule has 0 aromatic heterocycles.